The predicted molar refractivity (Wildman–Crippen MR) is 108 cm³/mol. The maximum Gasteiger partial charge on any atom is 0.226 e. The highest BCUT2D eigenvalue weighted by Crippen LogP contribution is 2.28. The van der Waals surface area contributed by atoms with E-state index in [4.69, 9.17) is 14.5 Å². The van der Waals surface area contributed by atoms with E-state index in [0.717, 1.165) is 55.2 Å². The molecule has 1 N–H and O–H groups in total. The van der Waals surface area contributed by atoms with Crippen molar-refractivity contribution in [3.05, 3.63) is 59.2 Å². The number of rotatable bonds is 6. The zero-order chi connectivity index (χ0) is 19.5. The molecule has 0 saturated carbocycles. The van der Waals surface area contributed by atoms with E-state index >= 15 is 0 Å². The van der Waals surface area contributed by atoms with Gasteiger partial charge in [-0.1, -0.05) is 17.7 Å². The van der Waals surface area contributed by atoms with Crippen LogP contribution in [0.25, 0.3) is 11.5 Å². The number of aliphatic hydroxyl groups is 1. The third kappa shape index (κ3) is 4.18. The fourth-order valence-corrected chi connectivity index (χ4v) is 3.87. The monoisotopic (exact) mass is 380 g/mol. The van der Waals surface area contributed by atoms with E-state index in [1.165, 1.54) is 5.56 Å². The summed E-state index contributed by atoms with van der Waals surface area (Å²) in [5.41, 5.74) is 4.39. The molecule has 28 heavy (non-hydrogen) atoms. The van der Waals surface area contributed by atoms with Crippen molar-refractivity contribution in [3.8, 4) is 11.5 Å². The van der Waals surface area contributed by atoms with Gasteiger partial charge in [0.2, 0.25) is 5.89 Å². The molecule has 1 saturated heterocycles. The average Bonchev–Trinajstić information content (AvgIpc) is 3.30. The van der Waals surface area contributed by atoms with Crippen molar-refractivity contribution >= 4 is 0 Å². The lowest BCUT2D eigenvalue weighted by atomic mass is 9.95. The Morgan fingerprint density at radius 1 is 1.18 bits per heavy atom. The molecule has 0 radical (unpaired) electrons. The SMILES string of the molecule is Cc1ccc(-c2nc(CN3CCC[C@H](c4ccn(CCO)n4)C3)c(C)o2)cc1. The minimum atomic E-state index is 0.118. The van der Waals surface area contributed by atoms with Gasteiger partial charge in [0.15, 0.2) is 0 Å². The normalized spacial score (nSPS) is 17.9. The molecule has 0 amide bonds. The lowest BCUT2D eigenvalue weighted by Crippen LogP contribution is -2.34. The van der Waals surface area contributed by atoms with Crippen molar-refractivity contribution in [3.63, 3.8) is 0 Å². The van der Waals surface area contributed by atoms with Crippen LogP contribution in [0.5, 0.6) is 0 Å². The third-order valence-electron chi connectivity index (χ3n) is 5.48. The van der Waals surface area contributed by atoms with Gasteiger partial charge in [-0.05, 0) is 51.4 Å². The molecule has 0 spiro atoms. The molecule has 1 aliphatic rings. The Kier molecular flexibility index (Phi) is 5.59. The second kappa shape index (κ2) is 8.29. The highest BCUT2D eigenvalue weighted by Gasteiger charge is 2.25. The lowest BCUT2D eigenvalue weighted by Gasteiger charge is -2.31. The molecular formula is C22H28N4O2. The molecular weight excluding hydrogens is 352 g/mol. The van der Waals surface area contributed by atoms with E-state index < -0.39 is 0 Å². The number of piperidine rings is 1. The first-order chi connectivity index (χ1) is 13.6. The summed E-state index contributed by atoms with van der Waals surface area (Å²) >= 11 is 0. The molecule has 1 atom stereocenters. The number of nitrogens with zero attached hydrogens (tertiary/aromatic N) is 4. The Bertz CT molecular complexity index is 913. The Morgan fingerprint density at radius 2 is 2.00 bits per heavy atom. The van der Waals surface area contributed by atoms with Gasteiger partial charge in [-0.25, -0.2) is 4.98 Å². The second-order valence-corrected chi connectivity index (χ2v) is 7.69. The zero-order valence-corrected chi connectivity index (χ0v) is 16.6. The molecule has 6 heteroatoms. The van der Waals surface area contributed by atoms with Crippen LogP contribution in [0, 0.1) is 13.8 Å². The fraction of sp³-hybridized carbons (Fsp3) is 0.455. The summed E-state index contributed by atoms with van der Waals surface area (Å²) in [7, 11) is 0. The quantitative estimate of drug-likeness (QED) is 0.709. The van der Waals surface area contributed by atoms with Crippen molar-refractivity contribution < 1.29 is 9.52 Å². The van der Waals surface area contributed by atoms with E-state index in [9.17, 15) is 0 Å². The summed E-state index contributed by atoms with van der Waals surface area (Å²) in [6.45, 7) is 7.59. The molecule has 6 nitrogen and oxygen atoms in total. The molecule has 1 aromatic carbocycles. The van der Waals surface area contributed by atoms with Gasteiger partial charge < -0.3 is 9.52 Å². The maximum atomic E-state index is 9.08. The van der Waals surface area contributed by atoms with Crippen LogP contribution < -0.4 is 0 Å². The van der Waals surface area contributed by atoms with Crippen molar-refractivity contribution in [1.29, 1.82) is 0 Å². The van der Waals surface area contributed by atoms with Gasteiger partial charge >= 0.3 is 0 Å². The topological polar surface area (TPSA) is 67.3 Å². The van der Waals surface area contributed by atoms with Crippen LogP contribution in [-0.4, -0.2) is 44.5 Å². The summed E-state index contributed by atoms with van der Waals surface area (Å²) in [4.78, 5) is 7.22. The minimum absolute atomic E-state index is 0.118. The van der Waals surface area contributed by atoms with Crippen LogP contribution in [0.1, 0.15) is 41.5 Å². The van der Waals surface area contributed by atoms with Gasteiger partial charge in [-0.3, -0.25) is 9.58 Å². The van der Waals surface area contributed by atoms with Crippen LogP contribution in [0.15, 0.2) is 40.9 Å². The van der Waals surface area contributed by atoms with Crippen LogP contribution >= 0.6 is 0 Å². The molecule has 1 aliphatic heterocycles. The Hall–Kier alpha value is -2.44. The van der Waals surface area contributed by atoms with Gasteiger partial charge in [-0.2, -0.15) is 5.10 Å². The fourth-order valence-electron chi connectivity index (χ4n) is 3.87. The molecule has 3 aromatic rings. The Morgan fingerprint density at radius 3 is 2.79 bits per heavy atom. The first-order valence-corrected chi connectivity index (χ1v) is 10.0. The number of benzene rings is 1. The van der Waals surface area contributed by atoms with Gasteiger partial charge in [-0.15, -0.1) is 0 Å². The average molecular weight is 380 g/mol. The van der Waals surface area contributed by atoms with E-state index in [1.54, 1.807) is 0 Å². The van der Waals surface area contributed by atoms with Crippen molar-refractivity contribution in [2.45, 2.75) is 45.7 Å². The summed E-state index contributed by atoms with van der Waals surface area (Å²) in [5.74, 6) is 2.02. The second-order valence-electron chi connectivity index (χ2n) is 7.69. The molecule has 3 heterocycles. The van der Waals surface area contributed by atoms with Gasteiger partial charge in [0.05, 0.1) is 24.5 Å². The van der Waals surface area contributed by atoms with Crippen LogP contribution in [0.3, 0.4) is 0 Å². The number of likely N-dealkylation sites (tertiary alicyclic amines) is 1. The number of aromatic nitrogens is 3. The Labute approximate surface area is 165 Å². The smallest absolute Gasteiger partial charge is 0.226 e. The van der Waals surface area contributed by atoms with Crippen molar-refractivity contribution in [2.75, 3.05) is 19.7 Å². The first kappa shape index (κ1) is 18.9. The molecule has 0 unspecified atom stereocenters. The van der Waals surface area contributed by atoms with Crippen LogP contribution in [0.2, 0.25) is 0 Å². The molecule has 1 fully saturated rings. The summed E-state index contributed by atoms with van der Waals surface area (Å²) in [6.07, 6.45) is 4.26. The van der Waals surface area contributed by atoms with E-state index in [2.05, 4.69) is 47.3 Å². The lowest BCUT2D eigenvalue weighted by molar-refractivity contribution is 0.195. The number of hydrogen-bond donors (Lipinski definition) is 1. The van der Waals surface area contributed by atoms with E-state index in [1.807, 2.05) is 17.8 Å². The van der Waals surface area contributed by atoms with Crippen molar-refractivity contribution in [2.24, 2.45) is 0 Å². The zero-order valence-electron chi connectivity index (χ0n) is 16.6. The Balaban J connectivity index is 1.44. The third-order valence-corrected chi connectivity index (χ3v) is 5.48. The summed E-state index contributed by atoms with van der Waals surface area (Å²) in [6, 6.07) is 10.4. The maximum absolute atomic E-state index is 9.08. The predicted octanol–water partition coefficient (Wildman–Crippen LogP) is 3.53. The molecule has 0 aliphatic carbocycles. The van der Waals surface area contributed by atoms with Gasteiger partial charge in [0.25, 0.3) is 0 Å². The highest BCUT2D eigenvalue weighted by molar-refractivity contribution is 5.54. The minimum Gasteiger partial charge on any atom is -0.441 e. The molecule has 148 valence electrons. The van der Waals surface area contributed by atoms with Crippen LogP contribution in [0.4, 0.5) is 0 Å². The molecule has 2 aromatic heterocycles. The molecule has 0 bridgehead atoms. The van der Waals surface area contributed by atoms with Crippen LogP contribution in [-0.2, 0) is 13.1 Å². The van der Waals surface area contributed by atoms with Gasteiger partial charge in [0, 0.05) is 30.8 Å². The van der Waals surface area contributed by atoms with Crippen molar-refractivity contribution in [1.82, 2.24) is 19.7 Å². The number of hydrogen-bond acceptors (Lipinski definition) is 5. The van der Waals surface area contributed by atoms with E-state index in [-0.39, 0.29) is 6.61 Å². The summed E-state index contributed by atoms with van der Waals surface area (Å²) in [5, 5.41) is 13.7. The first-order valence-electron chi connectivity index (χ1n) is 10.0. The van der Waals surface area contributed by atoms with E-state index in [0.29, 0.717) is 18.4 Å². The number of oxazole rings is 1. The highest BCUT2D eigenvalue weighted by atomic mass is 16.4. The number of aryl methyl sites for hydroxylation is 2. The summed E-state index contributed by atoms with van der Waals surface area (Å²) < 4.78 is 7.77. The number of aliphatic hydroxyl groups excluding tert-OH is 1. The molecule has 4 rings (SSSR count). The van der Waals surface area contributed by atoms with Gasteiger partial charge in [0.1, 0.15) is 5.76 Å². The largest absolute Gasteiger partial charge is 0.441 e. The standard InChI is InChI=1S/C22H28N4O2/c1-16-5-7-18(8-6-16)22-23-21(17(2)28-22)15-25-10-3-4-19(14-25)20-9-11-26(24-20)12-13-27/h5-9,11,19,27H,3-4,10,12-15H2,1-2H3/t19-/m0/s1.